The van der Waals surface area contributed by atoms with Crippen LogP contribution in [0.25, 0.3) is 0 Å². The van der Waals surface area contributed by atoms with Crippen molar-refractivity contribution in [2.45, 2.75) is 12.3 Å². The largest absolute Gasteiger partial charge is 0.376 e. The molecule has 0 radical (unpaired) electrons. The van der Waals surface area contributed by atoms with Crippen LogP contribution in [0.15, 0.2) is 0 Å². The molecule has 0 spiro atoms. The number of nitrogens with zero attached hydrogens (tertiary/aromatic N) is 3. The molecule has 4 amide bonds. The van der Waals surface area contributed by atoms with Crippen molar-refractivity contribution < 1.29 is 14.7 Å². The van der Waals surface area contributed by atoms with Crippen LogP contribution in [0.2, 0.25) is 0 Å². The molecule has 2 fully saturated rings. The van der Waals surface area contributed by atoms with Crippen LogP contribution >= 0.6 is 0 Å². The van der Waals surface area contributed by atoms with E-state index in [1.165, 1.54) is 14.7 Å². The molecule has 2 rings (SSSR count). The first kappa shape index (κ1) is 9.07. The first-order valence-electron chi connectivity index (χ1n) is 4.25. The van der Waals surface area contributed by atoms with E-state index in [9.17, 15) is 9.59 Å². The number of hydrogen-bond acceptors (Lipinski definition) is 3. The van der Waals surface area contributed by atoms with Gasteiger partial charge in [-0.25, -0.2) is 9.59 Å². The first-order chi connectivity index (χ1) is 6.57. The molecule has 14 heavy (non-hydrogen) atoms. The van der Waals surface area contributed by atoms with E-state index in [0.717, 1.165) is 0 Å². The normalized spacial score (nSPS) is 31.2. The molecule has 0 aliphatic carbocycles. The van der Waals surface area contributed by atoms with Crippen LogP contribution < -0.4 is 5.32 Å². The SMILES string of the molecule is CN1C(=O)NC2C1N(C)C(=O)N2CO. The van der Waals surface area contributed by atoms with Gasteiger partial charge in [-0.2, -0.15) is 0 Å². The molecule has 78 valence electrons. The zero-order valence-electron chi connectivity index (χ0n) is 7.97. The summed E-state index contributed by atoms with van der Waals surface area (Å²) in [7, 11) is 3.22. The van der Waals surface area contributed by atoms with E-state index in [2.05, 4.69) is 5.32 Å². The van der Waals surface area contributed by atoms with Crippen LogP contribution in [0.3, 0.4) is 0 Å². The van der Waals surface area contributed by atoms with Crippen molar-refractivity contribution in [2.24, 2.45) is 0 Å². The number of nitrogens with one attached hydrogen (secondary N) is 1. The van der Waals surface area contributed by atoms with Gasteiger partial charge in [-0.05, 0) is 0 Å². The van der Waals surface area contributed by atoms with E-state index < -0.39 is 12.9 Å². The molecule has 2 heterocycles. The van der Waals surface area contributed by atoms with Crippen LogP contribution in [0.1, 0.15) is 0 Å². The number of rotatable bonds is 1. The van der Waals surface area contributed by atoms with E-state index in [-0.39, 0.29) is 18.2 Å². The van der Waals surface area contributed by atoms with Crippen molar-refractivity contribution >= 4 is 12.1 Å². The Hall–Kier alpha value is -1.50. The molecule has 2 saturated heterocycles. The minimum absolute atomic E-state index is 0.238. The first-order valence-corrected chi connectivity index (χ1v) is 4.25. The molecule has 2 unspecified atom stereocenters. The molecule has 2 aliphatic rings. The second kappa shape index (κ2) is 2.74. The van der Waals surface area contributed by atoms with Crippen molar-refractivity contribution in [1.82, 2.24) is 20.0 Å². The highest BCUT2D eigenvalue weighted by Crippen LogP contribution is 2.25. The van der Waals surface area contributed by atoms with Crippen LogP contribution in [0.5, 0.6) is 0 Å². The van der Waals surface area contributed by atoms with E-state index in [1.54, 1.807) is 14.1 Å². The van der Waals surface area contributed by atoms with Gasteiger partial charge in [-0.1, -0.05) is 0 Å². The highest BCUT2D eigenvalue weighted by atomic mass is 16.3. The number of carbonyl (C=O) groups excluding carboxylic acids is 2. The molecular weight excluding hydrogens is 188 g/mol. The number of aliphatic hydroxyl groups is 1. The van der Waals surface area contributed by atoms with Crippen LogP contribution in [0, 0.1) is 0 Å². The predicted molar refractivity (Wildman–Crippen MR) is 46.0 cm³/mol. The molecule has 0 aromatic heterocycles. The lowest BCUT2D eigenvalue weighted by Gasteiger charge is -2.22. The molecule has 0 aromatic rings. The van der Waals surface area contributed by atoms with Gasteiger partial charge in [0.1, 0.15) is 19.1 Å². The molecule has 2 atom stereocenters. The van der Waals surface area contributed by atoms with E-state index in [1.807, 2.05) is 0 Å². The third-order valence-electron chi connectivity index (χ3n) is 2.70. The minimum atomic E-state index is -0.449. The van der Waals surface area contributed by atoms with Gasteiger partial charge >= 0.3 is 12.1 Å². The summed E-state index contributed by atoms with van der Waals surface area (Å²) in [4.78, 5) is 26.9. The molecule has 0 bridgehead atoms. The van der Waals surface area contributed by atoms with E-state index in [4.69, 9.17) is 5.11 Å². The van der Waals surface area contributed by atoms with Crippen molar-refractivity contribution in [3.63, 3.8) is 0 Å². The fourth-order valence-electron chi connectivity index (χ4n) is 1.93. The molecule has 0 saturated carbocycles. The summed E-state index contributed by atoms with van der Waals surface area (Å²) < 4.78 is 0. The third-order valence-corrected chi connectivity index (χ3v) is 2.70. The summed E-state index contributed by atoms with van der Waals surface area (Å²) in [6.45, 7) is -0.390. The Morgan fingerprint density at radius 2 is 2.00 bits per heavy atom. The predicted octanol–water partition coefficient (Wildman–Crippen LogP) is -1.39. The lowest BCUT2D eigenvalue weighted by atomic mass is 10.4. The average molecular weight is 200 g/mol. The Morgan fingerprint density at radius 3 is 2.57 bits per heavy atom. The van der Waals surface area contributed by atoms with Gasteiger partial charge < -0.3 is 20.2 Å². The highest BCUT2D eigenvalue weighted by Gasteiger charge is 2.52. The van der Waals surface area contributed by atoms with Crippen molar-refractivity contribution in [2.75, 3.05) is 20.8 Å². The van der Waals surface area contributed by atoms with Crippen LogP contribution in [-0.4, -0.2) is 65.0 Å². The Kier molecular flexibility index (Phi) is 1.78. The van der Waals surface area contributed by atoms with Gasteiger partial charge in [0.2, 0.25) is 0 Å². The lowest BCUT2D eigenvalue weighted by molar-refractivity contribution is 0.106. The molecule has 7 heteroatoms. The van der Waals surface area contributed by atoms with Crippen LogP contribution in [0.4, 0.5) is 9.59 Å². The van der Waals surface area contributed by atoms with Gasteiger partial charge in [0.25, 0.3) is 0 Å². The van der Waals surface area contributed by atoms with Gasteiger partial charge in [-0.3, -0.25) is 4.90 Å². The highest BCUT2D eigenvalue weighted by molar-refractivity contribution is 5.84. The number of aliphatic hydroxyl groups excluding tert-OH is 1. The summed E-state index contributed by atoms with van der Waals surface area (Å²) in [5, 5.41) is 11.6. The summed E-state index contributed by atoms with van der Waals surface area (Å²) in [6.07, 6.45) is -0.780. The number of likely N-dealkylation sites (N-methyl/N-ethyl adjacent to an activating group) is 2. The maximum absolute atomic E-state index is 11.5. The quantitative estimate of drug-likeness (QED) is 0.547. The minimum Gasteiger partial charge on any atom is -0.376 e. The Bertz CT molecular complexity index is 295. The molecule has 2 aliphatic heterocycles. The second-order valence-electron chi connectivity index (χ2n) is 3.42. The maximum atomic E-state index is 11.5. The second-order valence-corrected chi connectivity index (χ2v) is 3.42. The van der Waals surface area contributed by atoms with E-state index in [0.29, 0.717) is 0 Å². The summed E-state index contributed by atoms with van der Waals surface area (Å²) >= 11 is 0. The standard InChI is InChI=1S/C7H12N4O3/c1-9-5-4(8-6(9)13)11(3-12)7(14)10(5)2/h4-5,12H,3H2,1-2H3,(H,8,13). The molecule has 7 nitrogen and oxygen atoms in total. The van der Waals surface area contributed by atoms with Gasteiger partial charge in [0.15, 0.2) is 0 Å². The van der Waals surface area contributed by atoms with Crippen LogP contribution in [-0.2, 0) is 0 Å². The number of amides is 4. The van der Waals surface area contributed by atoms with Crippen molar-refractivity contribution in [3.8, 4) is 0 Å². The Balaban J connectivity index is 2.30. The third kappa shape index (κ3) is 0.897. The van der Waals surface area contributed by atoms with E-state index >= 15 is 0 Å². The molecule has 0 aromatic carbocycles. The monoisotopic (exact) mass is 200 g/mol. The topological polar surface area (TPSA) is 76.1 Å². The summed E-state index contributed by atoms with van der Waals surface area (Å²) in [5.41, 5.74) is 0. The number of urea groups is 2. The fraction of sp³-hybridized carbons (Fsp3) is 0.714. The van der Waals surface area contributed by atoms with Gasteiger partial charge in [-0.15, -0.1) is 0 Å². The Labute approximate surface area is 80.9 Å². The smallest absolute Gasteiger partial charge is 0.325 e. The lowest BCUT2D eigenvalue weighted by Crippen LogP contribution is -2.43. The summed E-state index contributed by atoms with van der Waals surface area (Å²) in [5.74, 6) is 0. The van der Waals surface area contributed by atoms with Gasteiger partial charge in [0.05, 0.1) is 0 Å². The van der Waals surface area contributed by atoms with Gasteiger partial charge in [0, 0.05) is 14.1 Å². The fourth-order valence-corrected chi connectivity index (χ4v) is 1.93. The molecular formula is C7H12N4O3. The number of hydrogen-bond donors (Lipinski definition) is 2. The number of carbonyl (C=O) groups is 2. The zero-order chi connectivity index (χ0) is 10.5. The number of fused-ring (bicyclic) bond motifs is 1. The Morgan fingerprint density at radius 1 is 1.36 bits per heavy atom. The molecule has 2 N–H and O–H groups in total. The zero-order valence-corrected chi connectivity index (χ0v) is 7.97. The van der Waals surface area contributed by atoms with Crippen molar-refractivity contribution in [1.29, 1.82) is 0 Å². The summed E-state index contributed by atoms with van der Waals surface area (Å²) in [6, 6.07) is -0.521. The maximum Gasteiger partial charge on any atom is 0.325 e. The van der Waals surface area contributed by atoms with Crippen molar-refractivity contribution in [3.05, 3.63) is 0 Å². The average Bonchev–Trinajstić information content (AvgIpc) is 2.54.